The lowest BCUT2D eigenvalue weighted by Crippen LogP contribution is -2.52. The van der Waals surface area contributed by atoms with Crippen molar-refractivity contribution in [2.75, 3.05) is 33.9 Å². The van der Waals surface area contributed by atoms with E-state index in [0.29, 0.717) is 0 Å². The summed E-state index contributed by atoms with van der Waals surface area (Å²) in [6.45, 7) is 2.58. The Kier molecular flexibility index (Phi) is 5.58. The van der Waals surface area contributed by atoms with Crippen molar-refractivity contribution in [3.8, 4) is 0 Å². The Hall–Kier alpha value is -0.120. The number of nitrogens with zero attached hydrogens (tertiary/aromatic N) is 1. The van der Waals surface area contributed by atoms with Crippen molar-refractivity contribution in [1.82, 2.24) is 4.90 Å². The highest BCUT2D eigenvalue weighted by Gasteiger charge is 2.33. The van der Waals surface area contributed by atoms with Crippen molar-refractivity contribution in [3.05, 3.63) is 0 Å². The summed E-state index contributed by atoms with van der Waals surface area (Å²) < 4.78 is 5.14. The van der Waals surface area contributed by atoms with Gasteiger partial charge in [0.1, 0.15) is 0 Å². The lowest BCUT2D eigenvalue weighted by atomic mass is 9.88. The van der Waals surface area contributed by atoms with Crippen LogP contribution >= 0.6 is 0 Å². The van der Waals surface area contributed by atoms with Crippen molar-refractivity contribution >= 4 is 0 Å². The second-order valence-corrected chi connectivity index (χ2v) is 4.76. The van der Waals surface area contributed by atoms with Crippen molar-refractivity contribution in [2.24, 2.45) is 5.73 Å². The van der Waals surface area contributed by atoms with E-state index in [2.05, 4.69) is 11.9 Å². The second-order valence-electron chi connectivity index (χ2n) is 4.76. The van der Waals surface area contributed by atoms with E-state index in [9.17, 15) is 0 Å². The molecule has 0 unspecified atom stereocenters. The number of rotatable bonds is 5. The molecule has 3 heteroatoms. The van der Waals surface area contributed by atoms with Gasteiger partial charge in [0, 0.05) is 25.7 Å². The number of hydrogen-bond donors (Lipinski definition) is 1. The predicted molar refractivity (Wildman–Crippen MR) is 64.0 cm³/mol. The number of ether oxygens (including phenoxy) is 1. The van der Waals surface area contributed by atoms with Crippen molar-refractivity contribution in [2.45, 2.75) is 44.1 Å². The maximum absolute atomic E-state index is 6.00. The maximum atomic E-state index is 6.00. The average Bonchev–Trinajstić information content (AvgIpc) is 2.52. The molecule has 2 N–H and O–H groups in total. The topological polar surface area (TPSA) is 38.5 Å². The van der Waals surface area contributed by atoms with E-state index in [4.69, 9.17) is 10.5 Å². The average molecular weight is 214 g/mol. The van der Waals surface area contributed by atoms with Gasteiger partial charge in [0.05, 0.1) is 6.61 Å². The van der Waals surface area contributed by atoms with Gasteiger partial charge in [-0.1, -0.05) is 25.7 Å². The zero-order chi connectivity index (χ0) is 11.1. The maximum Gasteiger partial charge on any atom is 0.0589 e. The standard InChI is InChI=1S/C12H26N2O/c1-14(9-10-15-2)12(11-13)7-5-3-4-6-8-12/h3-11,13H2,1-2H3. The molecule has 0 aromatic rings. The Morgan fingerprint density at radius 3 is 2.27 bits per heavy atom. The highest BCUT2D eigenvalue weighted by Crippen LogP contribution is 2.30. The summed E-state index contributed by atoms with van der Waals surface area (Å²) in [7, 11) is 3.95. The van der Waals surface area contributed by atoms with Crippen LogP contribution in [0.5, 0.6) is 0 Å². The first-order chi connectivity index (χ1) is 7.25. The molecule has 0 heterocycles. The largest absolute Gasteiger partial charge is 0.383 e. The van der Waals surface area contributed by atoms with Gasteiger partial charge < -0.3 is 10.5 Å². The third-order valence-electron chi connectivity index (χ3n) is 3.85. The summed E-state index contributed by atoms with van der Waals surface area (Å²) >= 11 is 0. The molecule has 0 aromatic heterocycles. The Labute approximate surface area is 94.0 Å². The molecule has 90 valence electrons. The van der Waals surface area contributed by atoms with E-state index < -0.39 is 0 Å². The number of nitrogens with two attached hydrogens (primary N) is 1. The summed E-state index contributed by atoms with van der Waals surface area (Å²) in [6, 6.07) is 0. The first-order valence-corrected chi connectivity index (χ1v) is 6.15. The van der Waals surface area contributed by atoms with Crippen molar-refractivity contribution < 1.29 is 4.74 Å². The van der Waals surface area contributed by atoms with Crippen LogP contribution in [0.25, 0.3) is 0 Å². The second kappa shape index (κ2) is 6.46. The van der Waals surface area contributed by atoms with Crippen LogP contribution in [0.4, 0.5) is 0 Å². The Bertz CT molecular complexity index is 165. The van der Waals surface area contributed by atoms with E-state index >= 15 is 0 Å². The minimum absolute atomic E-state index is 0.245. The smallest absolute Gasteiger partial charge is 0.0589 e. The molecule has 0 aliphatic heterocycles. The van der Waals surface area contributed by atoms with Crippen LogP contribution in [0.3, 0.4) is 0 Å². The van der Waals surface area contributed by atoms with Crippen LogP contribution in [0, 0.1) is 0 Å². The van der Waals surface area contributed by atoms with Gasteiger partial charge in [0.15, 0.2) is 0 Å². The van der Waals surface area contributed by atoms with E-state index in [-0.39, 0.29) is 5.54 Å². The van der Waals surface area contributed by atoms with Crippen LogP contribution in [-0.4, -0.2) is 44.3 Å². The summed E-state index contributed by atoms with van der Waals surface area (Å²) in [4.78, 5) is 2.42. The quantitative estimate of drug-likeness (QED) is 0.707. The molecular weight excluding hydrogens is 188 g/mol. The van der Waals surface area contributed by atoms with Crippen LogP contribution < -0.4 is 5.73 Å². The molecule has 1 aliphatic rings. The summed E-state index contributed by atoms with van der Waals surface area (Å²) in [6.07, 6.45) is 7.91. The third-order valence-corrected chi connectivity index (χ3v) is 3.85. The molecule has 3 nitrogen and oxygen atoms in total. The van der Waals surface area contributed by atoms with Gasteiger partial charge in [-0.05, 0) is 19.9 Å². The molecule has 0 saturated heterocycles. The molecule has 0 amide bonds. The van der Waals surface area contributed by atoms with Crippen molar-refractivity contribution in [1.29, 1.82) is 0 Å². The number of methoxy groups -OCH3 is 1. The van der Waals surface area contributed by atoms with Crippen LogP contribution in [-0.2, 0) is 4.74 Å². The van der Waals surface area contributed by atoms with Gasteiger partial charge in [-0.2, -0.15) is 0 Å². The fourth-order valence-corrected chi connectivity index (χ4v) is 2.59. The molecule has 1 fully saturated rings. The van der Waals surface area contributed by atoms with Crippen LogP contribution in [0.1, 0.15) is 38.5 Å². The molecule has 0 radical (unpaired) electrons. The fourth-order valence-electron chi connectivity index (χ4n) is 2.59. The molecule has 15 heavy (non-hydrogen) atoms. The fraction of sp³-hybridized carbons (Fsp3) is 1.00. The molecule has 0 atom stereocenters. The Morgan fingerprint density at radius 2 is 1.80 bits per heavy atom. The zero-order valence-electron chi connectivity index (χ0n) is 10.3. The summed E-state index contributed by atoms with van der Waals surface area (Å²) in [5.41, 5.74) is 6.24. The van der Waals surface area contributed by atoms with Gasteiger partial charge >= 0.3 is 0 Å². The highest BCUT2D eigenvalue weighted by atomic mass is 16.5. The van der Waals surface area contributed by atoms with Gasteiger partial charge in [0.25, 0.3) is 0 Å². The van der Waals surface area contributed by atoms with E-state index in [1.54, 1.807) is 7.11 Å². The monoisotopic (exact) mass is 214 g/mol. The normalized spacial score (nSPS) is 21.6. The van der Waals surface area contributed by atoms with Gasteiger partial charge in [-0.15, -0.1) is 0 Å². The van der Waals surface area contributed by atoms with Gasteiger partial charge in [-0.25, -0.2) is 0 Å². The minimum Gasteiger partial charge on any atom is -0.383 e. The minimum atomic E-state index is 0.245. The predicted octanol–water partition coefficient (Wildman–Crippen LogP) is 1.62. The zero-order valence-corrected chi connectivity index (χ0v) is 10.3. The molecule has 0 bridgehead atoms. The van der Waals surface area contributed by atoms with E-state index in [0.717, 1.165) is 19.7 Å². The van der Waals surface area contributed by atoms with Gasteiger partial charge in [-0.3, -0.25) is 4.90 Å². The SMILES string of the molecule is COCCN(C)C1(CN)CCCCCC1. The van der Waals surface area contributed by atoms with Gasteiger partial charge in [0.2, 0.25) is 0 Å². The third kappa shape index (κ3) is 3.44. The molecule has 1 aliphatic carbocycles. The number of likely N-dealkylation sites (N-methyl/N-ethyl adjacent to an activating group) is 1. The lowest BCUT2D eigenvalue weighted by Gasteiger charge is -2.40. The molecule has 0 spiro atoms. The molecule has 0 aromatic carbocycles. The Morgan fingerprint density at radius 1 is 1.20 bits per heavy atom. The van der Waals surface area contributed by atoms with E-state index in [1.165, 1.54) is 38.5 Å². The first-order valence-electron chi connectivity index (χ1n) is 6.15. The number of hydrogen-bond acceptors (Lipinski definition) is 3. The lowest BCUT2D eigenvalue weighted by molar-refractivity contribution is 0.0717. The van der Waals surface area contributed by atoms with Crippen LogP contribution in [0.2, 0.25) is 0 Å². The summed E-state index contributed by atoms with van der Waals surface area (Å²) in [5, 5.41) is 0. The van der Waals surface area contributed by atoms with Crippen molar-refractivity contribution in [3.63, 3.8) is 0 Å². The van der Waals surface area contributed by atoms with E-state index in [1.807, 2.05) is 0 Å². The highest BCUT2D eigenvalue weighted by molar-refractivity contribution is 4.91. The van der Waals surface area contributed by atoms with Crippen LogP contribution in [0.15, 0.2) is 0 Å². The molecule has 1 rings (SSSR count). The first kappa shape index (κ1) is 12.9. The summed E-state index contributed by atoms with van der Waals surface area (Å²) in [5.74, 6) is 0. The molecule has 1 saturated carbocycles. The molecular formula is C12H26N2O. The Balaban J connectivity index is 2.55.